The van der Waals surface area contributed by atoms with Crippen LogP contribution >= 0.6 is 11.3 Å². The molecule has 14 heavy (non-hydrogen) atoms. The maximum absolute atomic E-state index is 5.87. The zero-order valence-electron chi connectivity index (χ0n) is 8.29. The van der Waals surface area contributed by atoms with Crippen molar-refractivity contribution in [2.24, 2.45) is 0 Å². The molecule has 0 atom stereocenters. The Morgan fingerprint density at radius 3 is 2.43 bits per heavy atom. The van der Waals surface area contributed by atoms with Crippen molar-refractivity contribution in [3.05, 3.63) is 16.3 Å². The molecule has 0 saturated carbocycles. The topological polar surface area (TPSA) is 64.9 Å². The summed E-state index contributed by atoms with van der Waals surface area (Å²) in [5, 5.41) is 4.49. The molecule has 0 fully saturated rings. The predicted octanol–water partition coefficient (Wildman–Crippen LogP) is 2.31. The molecule has 0 unspecified atom stereocenters. The van der Waals surface area contributed by atoms with E-state index in [-0.39, 0.29) is 0 Å². The van der Waals surface area contributed by atoms with Crippen LogP contribution in [-0.2, 0) is 0 Å². The van der Waals surface area contributed by atoms with Crippen molar-refractivity contribution in [1.82, 2.24) is 10.1 Å². The average molecular weight is 209 g/mol. The van der Waals surface area contributed by atoms with Gasteiger partial charge in [0.2, 0.25) is 0 Å². The summed E-state index contributed by atoms with van der Waals surface area (Å²) >= 11 is 1.55. The van der Waals surface area contributed by atoms with Gasteiger partial charge >= 0.3 is 0 Å². The molecule has 4 nitrogen and oxygen atoms in total. The number of aryl methyl sites for hydroxylation is 2. The normalized spacial score (nSPS) is 10.8. The molecule has 0 spiro atoms. The van der Waals surface area contributed by atoms with Crippen molar-refractivity contribution in [3.63, 3.8) is 0 Å². The van der Waals surface area contributed by atoms with Gasteiger partial charge in [-0.3, -0.25) is 0 Å². The number of hydrogen-bond acceptors (Lipinski definition) is 5. The van der Waals surface area contributed by atoms with Crippen molar-refractivity contribution >= 4 is 16.3 Å². The van der Waals surface area contributed by atoms with E-state index in [1.807, 2.05) is 13.8 Å². The summed E-state index contributed by atoms with van der Waals surface area (Å²) in [4.78, 5) is 5.35. The molecule has 0 amide bonds. The lowest BCUT2D eigenvalue weighted by Gasteiger charge is -1.93. The largest absolute Gasteiger partial charge is 0.390 e. The van der Waals surface area contributed by atoms with Gasteiger partial charge in [0, 0.05) is 4.88 Å². The van der Waals surface area contributed by atoms with Crippen LogP contribution in [0.4, 0.5) is 5.00 Å². The molecule has 2 rings (SSSR count). The van der Waals surface area contributed by atoms with E-state index >= 15 is 0 Å². The first-order valence-corrected chi connectivity index (χ1v) is 5.07. The molecule has 5 heteroatoms. The molecule has 74 valence electrons. The van der Waals surface area contributed by atoms with Crippen LogP contribution in [0.2, 0.25) is 0 Å². The summed E-state index contributed by atoms with van der Waals surface area (Å²) < 4.78 is 5.09. The monoisotopic (exact) mass is 209 g/mol. The molecule has 0 aromatic carbocycles. The molecule has 2 aromatic rings. The van der Waals surface area contributed by atoms with E-state index in [4.69, 9.17) is 10.3 Å². The highest BCUT2D eigenvalue weighted by atomic mass is 32.1. The lowest BCUT2D eigenvalue weighted by atomic mass is 10.1. The average Bonchev–Trinajstić information content (AvgIpc) is 2.60. The SMILES string of the molecule is Cc1noc(-c2c(N)sc(C)c2C)n1. The third-order valence-corrected chi connectivity index (χ3v) is 3.19. The fraction of sp³-hybridized carbons (Fsp3) is 0.333. The highest BCUT2D eigenvalue weighted by Crippen LogP contribution is 2.36. The summed E-state index contributed by atoms with van der Waals surface area (Å²) in [6.45, 7) is 5.83. The maximum atomic E-state index is 5.87. The second kappa shape index (κ2) is 3.09. The third-order valence-electron chi connectivity index (χ3n) is 2.15. The Hall–Kier alpha value is -1.36. The summed E-state index contributed by atoms with van der Waals surface area (Å²) in [5.74, 6) is 1.14. The van der Waals surface area contributed by atoms with Crippen LogP contribution in [0.25, 0.3) is 11.5 Å². The number of nitrogens with zero attached hydrogens (tertiary/aromatic N) is 2. The Bertz CT molecular complexity index is 472. The number of nitrogens with two attached hydrogens (primary N) is 1. The van der Waals surface area contributed by atoms with Crippen LogP contribution in [0.5, 0.6) is 0 Å². The molecule has 2 N–H and O–H groups in total. The molecule has 0 aliphatic rings. The Kier molecular flexibility index (Phi) is 2.03. The van der Waals surface area contributed by atoms with Crippen molar-refractivity contribution in [1.29, 1.82) is 0 Å². The standard InChI is InChI=1S/C9H11N3OS/c1-4-5(2)14-8(10)7(4)9-11-6(3)12-13-9/h10H2,1-3H3. The van der Waals surface area contributed by atoms with Crippen LogP contribution in [0, 0.1) is 20.8 Å². The first-order chi connectivity index (χ1) is 6.59. The second-order valence-corrected chi connectivity index (χ2v) is 4.43. The van der Waals surface area contributed by atoms with Crippen LogP contribution < -0.4 is 5.73 Å². The summed E-state index contributed by atoms with van der Waals surface area (Å²) in [7, 11) is 0. The molecule has 0 saturated heterocycles. The van der Waals surface area contributed by atoms with Gasteiger partial charge in [0.1, 0.15) is 0 Å². The molecule has 2 aromatic heterocycles. The quantitative estimate of drug-likeness (QED) is 0.782. The minimum atomic E-state index is 0.516. The Balaban J connectivity index is 2.61. The number of aromatic nitrogens is 2. The van der Waals surface area contributed by atoms with E-state index in [2.05, 4.69) is 10.1 Å². The van der Waals surface area contributed by atoms with Crippen LogP contribution in [0.3, 0.4) is 0 Å². The zero-order valence-corrected chi connectivity index (χ0v) is 9.10. The van der Waals surface area contributed by atoms with E-state index < -0.39 is 0 Å². The van der Waals surface area contributed by atoms with Crippen LogP contribution in [0.15, 0.2) is 4.52 Å². The van der Waals surface area contributed by atoms with Crippen LogP contribution in [0.1, 0.15) is 16.3 Å². The van der Waals surface area contributed by atoms with Crippen molar-refractivity contribution in [2.45, 2.75) is 20.8 Å². The fourth-order valence-electron chi connectivity index (χ4n) is 1.32. The minimum Gasteiger partial charge on any atom is -0.390 e. The maximum Gasteiger partial charge on any atom is 0.261 e. The number of nitrogen functional groups attached to an aromatic ring is 1. The molecule has 0 aliphatic heterocycles. The van der Waals surface area contributed by atoms with Gasteiger partial charge in [0.15, 0.2) is 5.82 Å². The van der Waals surface area contributed by atoms with Crippen molar-refractivity contribution in [3.8, 4) is 11.5 Å². The summed E-state index contributed by atoms with van der Waals surface area (Å²) in [6.07, 6.45) is 0. The van der Waals surface area contributed by atoms with Gasteiger partial charge in [-0.1, -0.05) is 5.16 Å². The highest BCUT2D eigenvalue weighted by Gasteiger charge is 2.17. The van der Waals surface area contributed by atoms with Crippen LogP contribution in [-0.4, -0.2) is 10.1 Å². The molecular formula is C9H11N3OS. The van der Waals surface area contributed by atoms with Gasteiger partial charge in [-0.2, -0.15) is 4.98 Å². The molecular weight excluding hydrogens is 198 g/mol. The predicted molar refractivity (Wildman–Crippen MR) is 56.2 cm³/mol. The number of thiophene rings is 1. The molecule has 0 bridgehead atoms. The van der Waals surface area contributed by atoms with Crippen molar-refractivity contribution < 1.29 is 4.52 Å². The van der Waals surface area contributed by atoms with E-state index in [0.717, 1.165) is 16.1 Å². The lowest BCUT2D eigenvalue weighted by Crippen LogP contribution is -1.86. The van der Waals surface area contributed by atoms with E-state index in [1.165, 1.54) is 4.88 Å². The zero-order chi connectivity index (χ0) is 10.3. The minimum absolute atomic E-state index is 0.516. The van der Waals surface area contributed by atoms with Gasteiger partial charge in [0.25, 0.3) is 5.89 Å². The fourth-order valence-corrected chi connectivity index (χ4v) is 2.25. The Morgan fingerprint density at radius 2 is 2.00 bits per heavy atom. The van der Waals surface area contributed by atoms with Gasteiger partial charge < -0.3 is 10.3 Å². The lowest BCUT2D eigenvalue weighted by molar-refractivity contribution is 0.425. The molecule has 0 radical (unpaired) electrons. The second-order valence-electron chi connectivity index (χ2n) is 3.17. The van der Waals surface area contributed by atoms with E-state index in [1.54, 1.807) is 18.3 Å². The van der Waals surface area contributed by atoms with Gasteiger partial charge in [-0.25, -0.2) is 0 Å². The van der Waals surface area contributed by atoms with Gasteiger partial charge in [-0.15, -0.1) is 11.3 Å². The number of rotatable bonds is 1. The first-order valence-electron chi connectivity index (χ1n) is 4.25. The van der Waals surface area contributed by atoms with Gasteiger partial charge in [-0.05, 0) is 26.3 Å². The highest BCUT2D eigenvalue weighted by molar-refractivity contribution is 7.16. The van der Waals surface area contributed by atoms with Gasteiger partial charge in [0.05, 0.1) is 10.6 Å². The van der Waals surface area contributed by atoms with E-state index in [9.17, 15) is 0 Å². The third kappa shape index (κ3) is 1.29. The summed E-state index contributed by atoms with van der Waals surface area (Å²) in [6, 6.07) is 0. The Labute approximate surface area is 85.7 Å². The molecule has 0 aliphatic carbocycles. The Morgan fingerprint density at radius 1 is 1.29 bits per heavy atom. The molecule has 2 heterocycles. The van der Waals surface area contributed by atoms with E-state index in [0.29, 0.717) is 11.7 Å². The first kappa shape index (κ1) is 9.21. The smallest absolute Gasteiger partial charge is 0.261 e. The summed E-state index contributed by atoms with van der Waals surface area (Å²) in [5.41, 5.74) is 7.88. The van der Waals surface area contributed by atoms with Crippen molar-refractivity contribution in [2.75, 3.05) is 5.73 Å². The number of hydrogen-bond donors (Lipinski definition) is 1. The number of anilines is 1.